The number of amides is 2. The minimum Gasteiger partial charge on any atom is -0.445 e. The van der Waals surface area contributed by atoms with E-state index in [1.54, 1.807) is 28.2 Å². The molecule has 1 saturated heterocycles. The Morgan fingerprint density at radius 1 is 1.03 bits per heavy atom. The molecule has 8 heteroatoms. The van der Waals surface area contributed by atoms with E-state index in [0.717, 1.165) is 58.4 Å². The van der Waals surface area contributed by atoms with Crippen molar-refractivity contribution in [3.63, 3.8) is 0 Å². The summed E-state index contributed by atoms with van der Waals surface area (Å²) in [6.07, 6.45) is 11.9. The van der Waals surface area contributed by atoms with Crippen molar-refractivity contribution >= 4 is 12.2 Å². The van der Waals surface area contributed by atoms with E-state index < -0.39 is 0 Å². The van der Waals surface area contributed by atoms with Crippen molar-refractivity contribution < 1.29 is 19.1 Å². The van der Waals surface area contributed by atoms with E-state index in [4.69, 9.17) is 9.47 Å². The number of unbranched alkanes of at least 4 members (excludes halogenated alkanes) is 3. The van der Waals surface area contributed by atoms with E-state index in [-0.39, 0.29) is 18.3 Å². The third-order valence-electron chi connectivity index (χ3n) is 5.27. The lowest BCUT2D eigenvalue weighted by atomic mass is 10.1. The average molecular weight is 423 g/mol. The first kappa shape index (κ1) is 24.1. The first-order valence-corrected chi connectivity index (χ1v) is 11.0. The Labute approximate surface area is 181 Å². The molecule has 0 bridgehead atoms. The topological polar surface area (TPSA) is 65.6 Å². The zero-order valence-corrected chi connectivity index (χ0v) is 19.0. The van der Waals surface area contributed by atoms with Gasteiger partial charge in [0.05, 0.1) is 0 Å². The van der Waals surface area contributed by atoms with Gasteiger partial charge < -0.3 is 24.2 Å². The highest BCUT2D eigenvalue weighted by Crippen LogP contribution is 2.16. The largest absolute Gasteiger partial charge is 0.445 e. The second-order valence-corrected chi connectivity index (χ2v) is 8.45. The fraction of sp³-hybridized carbons (Fsp3) is 0.727. The standard InChI is InChI=1S/C22H38N4O4/c1-23(2)21(27)29-19-11-9-15-25(17-19)13-7-5-6-8-14-26-16-10-12-20(18-26)30-22(28)24(3)4/h9,11,17,20H,5-8,10,12-16,18H2,1-4H3. The summed E-state index contributed by atoms with van der Waals surface area (Å²) in [5.74, 6) is 0.592. The number of piperidine rings is 1. The molecule has 0 radical (unpaired) electrons. The van der Waals surface area contributed by atoms with E-state index in [9.17, 15) is 9.59 Å². The molecule has 2 aliphatic rings. The molecule has 30 heavy (non-hydrogen) atoms. The molecule has 0 N–H and O–H groups in total. The number of carbonyl (C=O) groups excluding carboxylic acids is 2. The normalized spacial score (nSPS) is 19.3. The molecule has 2 rings (SSSR count). The highest BCUT2D eigenvalue weighted by molar-refractivity contribution is 5.68. The fourth-order valence-electron chi connectivity index (χ4n) is 3.55. The van der Waals surface area contributed by atoms with Gasteiger partial charge in [0.2, 0.25) is 0 Å². The molecule has 1 unspecified atom stereocenters. The van der Waals surface area contributed by atoms with Gasteiger partial charge in [0.1, 0.15) is 11.9 Å². The lowest BCUT2D eigenvalue weighted by Crippen LogP contribution is -2.42. The first-order valence-electron chi connectivity index (χ1n) is 11.0. The summed E-state index contributed by atoms with van der Waals surface area (Å²) in [5, 5.41) is 0. The quantitative estimate of drug-likeness (QED) is 0.532. The van der Waals surface area contributed by atoms with E-state index in [0.29, 0.717) is 5.76 Å². The zero-order valence-electron chi connectivity index (χ0n) is 19.0. The number of hydrogen-bond acceptors (Lipinski definition) is 6. The van der Waals surface area contributed by atoms with Crippen LogP contribution in [0.25, 0.3) is 0 Å². The molecule has 2 amide bonds. The molecule has 8 nitrogen and oxygen atoms in total. The van der Waals surface area contributed by atoms with Crippen molar-refractivity contribution in [3.05, 3.63) is 24.1 Å². The summed E-state index contributed by atoms with van der Waals surface area (Å²) in [7, 11) is 6.79. The third-order valence-corrected chi connectivity index (χ3v) is 5.27. The van der Waals surface area contributed by atoms with Crippen LogP contribution in [-0.2, 0) is 9.47 Å². The Morgan fingerprint density at radius 3 is 2.43 bits per heavy atom. The van der Waals surface area contributed by atoms with Gasteiger partial charge in [-0.15, -0.1) is 0 Å². The number of likely N-dealkylation sites (tertiary alicyclic amines) is 1. The van der Waals surface area contributed by atoms with E-state index in [1.165, 1.54) is 22.6 Å². The lowest BCUT2D eigenvalue weighted by molar-refractivity contribution is 0.0282. The molecule has 0 saturated carbocycles. The highest BCUT2D eigenvalue weighted by Gasteiger charge is 2.23. The summed E-state index contributed by atoms with van der Waals surface area (Å²) in [6.45, 7) is 4.81. The maximum atomic E-state index is 11.7. The van der Waals surface area contributed by atoms with Crippen molar-refractivity contribution in [1.82, 2.24) is 19.6 Å². The average Bonchev–Trinajstić information content (AvgIpc) is 2.71. The number of ether oxygens (including phenoxy) is 2. The van der Waals surface area contributed by atoms with Crippen molar-refractivity contribution in [2.24, 2.45) is 0 Å². The van der Waals surface area contributed by atoms with E-state index in [1.807, 2.05) is 18.4 Å². The minimum atomic E-state index is -0.357. The summed E-state index contributed by atoms with van der Waals surface area (Å²) in [4.78, 5) is 30.9. The molecule has 0 aliphatic carbocycles. The monoisotopic (exact) mass is 422 g/mol. The molecular formula is C22H38N4O4. The maximum absolute atomic E-state index is 11.7. The van der Waals surface area contributed by atoms with Crippen LogP contribution < -0.4 is 0 Å². The number of rotatable bonds is 9. The number of hydrogen-bond donors (Lipinski definition) is 0. The van der Waals surface area contributed by atoms with Gasteiger partial charge in [-0.2, -0.15) is 0 Å². The van der Waals surface area contributed by atoms with Gasteiger partial charge in [-0.25, -0.2) is 9.59 Å². The molecule has 0 spiro atoms. The molecule has 0 aromatic carbocycles. The Morgan fingerprint density at radius 2 is 1.73 bits per heavy atom. The molecule has 2 aliphatic heterocycles. The zero-order chi connectivity index (χ0) is 21.9. The minimum absolute atomic E-state index is 0.0170. The first-order chi connectivity index (χ1) is 14.3. The Kier molecular flexibility index (Phi) is 10.00. The Hall–Kier alpha value is -2.22. The van der Waals surface area contributed by atoms with Crippen LogP contribution in [0.5, 0.6) is 0 Å². The molecule has 2 heterocycles. The second-order valence-electron chi connectivity index (χ2n) is 8.45. The van der Waals surface area contributed by atoms with Crippen LogP contribution in [0.4, 0.5) is 9.59 Å². The molecule has 0 aromatic rings. The number of carbonyl (C=O) groups is 2. The summed E-state index contributed by atoms with van der Waals surface area (Å²) < 4.78 is 10.9. The van der Waals surface area contributed by atoms with Crippen LogP contribution in [0.1, 0.15) is 38.5 Å². The molecule has 1 atom stereocenters. The van der Waals surface area contributed by atoms with Crippen molar-refractivity contribution in [3.8, 4) is 0 Å². The lowest BCUT2D eigenvalue weighted by Gasteiger charge is -2.32. The van der Waals surface area contributed by atoms with Gasteiger partial charge in [0.15, 0.2) is 0 Å². The Balaban J connectivity index is 1.57. The van der Waals surface area contributed by atoms with Crippen LogP contribution in [-0.4, -0.2) is 98.8 Å². The third kappa shape index (κ3) is 8.65. The molecule has 0 aromatic heterocycles. The van der Waals surface area contributed by atoms with Crippen molar-refractivity contribution in [2.45, 2.75) is 44.6 Å². The van der Waals surface area contributed by atoms with E-state index >= 15 is 0 Å². The van der Waals surface area contributed by atoms with E-state index in [2.05, 4.69) is 9.80 Å². The van der Waals surface area contributed by atoms with Crippen LogP contribution in [0.15, 0.2) is 24.1 Å². The summed E-state index contributed by atoms with van der Waals surface area (Å²) >= 11 is 0. The smallest absolute Gasteiger partial charge is 0.414 e. The van der Waals surface area contributed by atoms with Gasteiger partial charge in [-0.05, 0) is 44.8 Å². The molecule has 1 fully saturated rings. The Bertz CT molecular complexity index is 618. The van der Waals surface area contributed by atoms with Gasteiger partial charge in [-0.1, -0.05) is 18.9 Å². The highest BCUT2D eigenvalue weighted by atomic mass is 16.6. The number of nitrogens with zero attached hydrogens (tertiary/aromatic N) is 4. The van der Waals surface area contributed by atoms with Gasteiger partial charge in [-0.3, -0.25) is 4.90 Å². The van der Waals surface area contributed by atoms with Crippen LogP contribution in [0, 0.1) is 0 Å². The van der Waals surface area contributed by atoms with Gasteiger partial charge >= 0.3 is 12.2 Å². The number of allylic oxidation sites excluding steroid dienone is 1. The van der Waals surface area contributed by atoms with Crippen molar-refractivity contribution in [1.29, 1.82) is 0 Å². The SMILES string of the molecule is CN(C)C(=O)OC1=CN(CCCCCCN2CCCC(OC(=O)N(C)C)C2)CC=C1. The van der Waals surface area contributed by atoms with Crippen LogP contribution >= 0.6 is 0 Å². The van der Waals surface area contributed by atoms with Crippen molar-refractivity contribution in [2.75, 3.05) is 60.9 Å². The van der Waals surface area contributed by atoms with Gasteiger partial charge in [0.25, 0.3) is 0 Å². The predicted octanol–water partition coefficient (Wildman–Crippen LogP) is 3.12. The summed E-state index contributed by atoms with van der Waals surface area (Å²) in [5.41, 5.74) is 0. The fourth-order valence-corrected chi connectivity index (χ4v) is 3.55. The van der Waals surface area contributed by atoms with Crippen LogP contribution in [0.2, 0.25) is 0 Å². The summed E-state index contributed by atoms with van der Waals surface area (Å²) in [6, 6.07) is 0. The molecular weight excluding hydrogens is 384 g/mol. The maximum Gasteiger partial charge on any atom is 0.414 e. The second kappa shape index (κ2) is 12.5. The van der Waals surface area contributed by atoms with Crippen LogP contribution in [0.3, 0.4) is 0 Å². The predicted molar refractivity (Wildman–Crippen MR) is 117 cm³/mol. The molecule has 170 valence electrons. The van der Waals surface area contributed by atoms with Gasteiger partial charge in [0, 0.05) is 54.0 Å².